The number of hydrogen-bond acceptors (Lipinski definition) is 4. The quantitative estimate of drug-likeness (QED) is 0.340. The van der Waals surface area contributed by atoms with Crippen molar-refractivity contribution in [2.75, 3.05) is 13.6 Å². The van der Waals surface area contributed by atoms with Crippen LogP contribution in [0.5, 0.6) is 0 Å². The van der Waals surface area contributed by atoms with Crippen molar-refractivity contribution in [1.29, 1.82) is 0 Å². The molecule has 0 bridgehead atoms. The Morgan fingerprint density at radius 1 is 1.73 bits per heavy atom. The van der Waals surface area contributed by atoms with E-state index < -0.39 is 0 Å². The molecule has 0 saturated carbocycles. The Morgan fingerprint density at radius 3 is 3.27 bits per heavy atom. The van der Waals surface area contributed by atoms with Crippen LogP contribution in [0.3, 0.4) is 0 Å². The van der Waals surface area contributed by atoms with Gasteiger partial charge in [-0.1, -0.05) is 0 Å². The second kappa shape index (κ2) is 4.37. The lowest BCUT2D eigenvalue weighted by molar-refractivity contribution is 0.582. The standard InChI is InChI=1S/C5H10N6/c1-6-4-7-2-3-11-5-8-9-10-11/h4-5H,2-3H2,1H3,(H,6,7). The first-order valence-electron chi connectivity index (χ1n) is 3.28. The first kappa shape index (κ1) is 7.64. The number of aliphatic imine (C=N–C) groups is 1. The van der Waals surface area contributed by atoms with Gasteiger partial charge in [-0.3, -0.25) is 4.99 Å². The highest BCUT2D eigenvalue weighted by Crippen LogP contribution is 1.73. The summed E-state index contributed by atoms with van der Waals surface area (Å²) in [7, 11) is 1.71. The summed E-state index contributed by atoms with van der Waals surface area (Å²) < 4.78 is 1.65. The molecule has 1 aromatic heterocycles. The van der Waals surface area contributed by atoms with Crippen molar-refractivity contribution in [2.24, 2.45) is 4.99 Å². The van der Waals surface area contributed by atoms with Gasteiger partial charge in [0.05, 0.1) is 12.9 Å². The molecule has 0 fully saturated rings. The van der Waals surface area contributed by atoms with Gasteiger partial charge in [-0.05, 0) is 10.4 Å². The summed E-state index contributed by atoms with van der Waals surface area (Å²) >= 11 is 0. The van der Waals surface area contributed by atoms with Crippen molar-refractivity contribution in [3.8, 4) is 0 Å². The molecule has 0 saturated heterocycles. The largest absolute Gasteiger partial charge is 0.375 e. The van der Waals surface area contributed by atoms with Crippen molar-refractivity contribution in [3.63, 3.8) is 0 Å². The molecule has 1 N–H and O–H groups in total. The zero-order valence-corrected chi connectivity index (χ0v) is 6.30. The smallest absolute Gasteiger partial charge is 0.138 e. The number of hydrogen-bond donors (Lipinski definition) is 1. The maximum absolute atomic E-state index is 3.76. The molecular formula is C5H10N6. The van der Waals surface area contributed by atoms with Gasteiger partial charge < -0.3 is 5.32 Å². The van der Waals surface area contributed by atoms with Crippen molar-refractivity contribution in [3.05, 3.63) is 6.33 Å². The van der Waals surface area contributed by atoms with Gasteiger partial charge in [-0.15, -0.1) is 5.10 Å². The summed E-state index contributed by atoms with van der Waals surface area (Å²) in [5, 5.41) is 13.6. The molecule has 0 amide bonds. The Bertz CT molecular complexity index is 203. The molecule has 0 atom stereocenters. The maximum Gasteiger partial charge on any atom is 0.138 e. The first-order chi connectivity index (χ1) is 5.43. The fourth-order valence-electron chi connectivity index (χ4n) is 0.618. The van der Waals surface area contributed by atoms with Gasteiger partial charge in [-0.25, -0.2) is 4.68 Å². The van der Waals surface area contributed by atoms with Gasteiger partial charge in [0, 0.05) is 13.6 Å². The summed E-state index contributed by atoms with van der Waals surface area (Å²) in [6, 6.07) is 0. The molecule has 6 heteroatoms. The summed E-state index contributed by atoms with van der Waals surface area (Å²) in [6.07, 6.45) is 3.22. The Labute approximate surface area is 64.3 Å². The average Bonchev–Trinajstić information content (AvgIpc) is 2.50. The third kappa shape index (κ3) is 2.74. The molecule has 0 spiro atoms. The molecule has 6 nitrogen and oxygen atoms in total. The number of aromatic nitrogens is 4. The summed E-state index contributed by atoms with van der Waals surface area (Å²) in [6.45, 7) is 1.53. The zero-order valence-electron chi connectivity index (χ0n) is 6.30. The topological polar surface area (TPSA) is 68.0 Å². The molecule has 60 valence electrons. The van der Waals surface area contributed by atoms with Gasteiger partial charge in [0.2, 0.25) is 0 Å². The molecule has 0 aliphatic heterocycles. The van der Waals surface area contributed by atoms with Crippen LogP contribution in [0.25, 0.3) is 0 Å². The second-order valence-electron chi connectivity index (χ2n) is 1.91. The minimum atomic E-state index is 0.749. The van der Waals surface area contributed by atoms with Crippen LogP contribution in [0.4, 0.5) is 0 Å². The molecule has 1 heterocycles. The van der Waals surface area contributed by atoms with Crippen LogP contribution in [-0.2, 0) is 6.54 Å². The monoisotopic (exact) mass is 154 g/mol. The maximum atomic E-state index is 3.76. The van der Waals surface area contributed by atoms with E-state index in [2.05, 4.69) is 25.8 Å². The Hall–Kier alpha value is -1.46. The van der Waals surface area contributed by atoms with E-state index in [1.165, 1.54) is 0 Å². The molecule has 0 radical (unpaired) electrons. The van der Waals surface area contributed by atoms with Crippen molar-refractivity contribution in [1.82, 2.24) is 25.5 Å². The summed E-state index contributed by atoms with van der Waals surface area (Å²) in [5.41, 5.74) is 0. The average molecular weight is 154 g/mol. The predicted molar refractivity (Wildman–Crippen MR) is 40.2 cm³/mol. The van der Waals surface area contributed by atoms with E-state index in [0.717, 1.165) is 13.1 Å². The molecule has 0 aliphatic carbocycles. The van der Waals surface area contributed by atoms with E-state index in [0.29, 0.717) is 0 Å². The Kier molecular flexibility index (Phi) is 3.04. The molecule has 1 rings (SSSR count). The lowest BCUT2D eigenvalue weighted by Gasteiger charge is -1.97. The normalized spacial score (nSPS) is 10.6. The van der Waals surface area contributed by atoms with Gasteiger partial charge in [0.15, 0.2) is 0 Å². The van der Waals surface area contributed by atoms with Crippen LogP contribution >= 0.6 is 0 Å². The molecule has 0 aromatic carbocycles. The highest BCUT2D eigenvalue weighted by Gasteiger charge is 1.88. The lowest BCUT2D eigenvalue weighted by atomic mass is 10.6. The molecule has 0 aliphatic rings. The molecular weight excluding hydrogens is 144 g/mol. The molecule has 1 aromatic rings. The minimum Gasteiger partial charge on any atom is -0.375 e. The second-order valence-corrected chi connectivity index (χ2v) is 1.91. The van der Waals surface area contributed by atoms with Crippen LogP contribution in [0.15, 0.2) is 11.3 Å². The van der Waals surface area contributed by atoms with Gasteiger partial charge in [-0.2, -0.15) is 0 Å². The van der Waals surface area contributed by atoms with Crippen molar-refractivity contribution >= 4 is 6.34 Å². The predicted octanol–water partition coefficient (Wildman–Crippen LogP) is -1.08. The highest BCUT2D eigenvalue weighted by atomic mass is 15.5. The molecule has 11 heavy (non-hydrogen) atoms. The van der Waals surface area contributed by atoms with Crippen LogP contribution in [-0.4, -0.2) is 40.1 Å². The third-order valence-corrected chi connectivity index (χ3v) is 1.10. The Balaban J connectivity index is 2.14. The van der Waals surface area contributed by atoms with Crippen molar-refractivity contribution in [2.45, 2.75) is 6.54 Å². The van der Waals surface area contributed by atoms with E-state index in [1.807, 2.05) is 0 Å². The lowest BCUT2D eigenvalue weighted by Crippen LogP contribution is -2.18. The first-order valence-corrected chi connectivity index (χ1v) is 3.28. The van der Waals surface area contributed by atoms with Crippen LogP contribution in [0.1, 0.15) is 0 Å². The zero-order chi connectivity index (χ0) is 7.94. The van der Waals surface area contributed by atoms with E-state index in [9.17, 15) is 0 Å². The van der Waals surface area contributed by atoms with E-state index in [1.54, 1.807) is 24.4 Å². The van der Waals surface area contributed by atoms with Crippen LogP contribution in [0, 0.1) is 0 Å². The number of nitrogens with zero attached hydrogens (tertiary/aromatic N) is 5. The van der Waals surface area contributed by atoms with E-state index in [4.69, 9.17) is 0 Å². The van der Waals surface area contributed by atoms with Crippen LogP contribution in [0.2, 0.25) is 0 Å². The molecule has 0 unspecified atom stereocenters. The summed E-state index contributed by atoms with van der Waals surface area (Å²) in [5.74, 6) is 0. The van der Waals surface area contributed by atoms with E-state index >= 15 is 0 Å². The van der Waals surface area contributed by atoms with Gasteiger partial charge >= 0.3 is 0 Å². The van der Waals surface area contributed by atoms with Gasteiger partial charge in [0.25, 0.3) is 0 Å². The van der Waals surface area contributed by atoms with Gasteiger partial charge in [0.1, 0.15) is 6.33 Å². The van der Waals surface area contributed by atoms with E-state index in [-0.39, 0.29) is 0 Å². The summed E-state index contributed by atoms with van der Waals surface area (Å²) in [4.78, 5) is 3.76. The highest BCUT2D eigenvalue weighted by molar-refractivity contribution is 5.53. The number of tetrazole rings is 1. The third-order valence-electron chi connectivity index (χ3n) is 1.10. The fraction of sp³-hybridized carbons (Fsp3) is 0.600. The fourth-order valence-corrected chi connectivity index (χ4v) is 0.618. The number of rotatable bonds is 4. The SMILES string of the molecule is CN=CNCCn1cnnn1. The Morgan fingerprint density at radius 2 is 2.64 bits per heavy atom. The van der Waals surface area contributed by atoms with Crippen LogP contribution < -0.4 is 5.32 Å². The van der Waals surface area contributed by atoms with Crippen molar-refractivity contribution < 1.29 is 0 Å². The minimum absolute atomic E-state index is 0.749. The number of nitrogens with one attached hydrogen (secondary N) is 1.